The Bertz CT molecular complexity index is 326. The van der Waals surface area contributed by atoms with Crippen molar-refractivity contribution in [3.8, 4) is 0 Å². The van der Waals surface area contributed by atoms with Crippen molar-refractivity contribution < 1.29 is 14.4 Å². The first-order valence-electron chi connectivity index (χ1n) is 6.15. The summed E-state index contributed by atoms with van der Waals surface area (Å²) in [6.45, 7) is 6.07. The fraction of sp³-hybridized carbons (Fsp3) is 0.750. The predicted molar refractivity (Wildman–Crippen MR) is 63.1 cm³/mol. The van der Waals surface area contributed by atoms with Crippen molar-refractivity contribution in [1.29, 1.82) is 0 Å². The normalized spacial score (nSPS) is 21.1. The maximum atomic E-state index is 12.0. The molecule has 1 heterocycles. The van der Waals surface area contributed by atoms with E-state index in [0.717, 1.165) is 19.3 Å². The number of hydrogen-bond acceptors (Lipinski definition) is 3. The average molecular weight is 240 g/mol. The molecule has 0 aromatic rings. The number of carbonyl (C=O) groups is 3. The van der Waals surface area contributed by atoms with Crippen LogP contribution in [0.15, 0.2) is 0 Å². The molecule has 1 saturated heterocycles. The third-order valence-corrected chi connectivity index (χ3v) is 2.94. The highest BCUT2D eigenvalue weighted by Crippen LogP contribution is 2.19. The minimum atomic E-state index is -0.727. The van der Waals surface area contributed by atoms with Crippen LogP contribution in [0.25, 0.3) is 0 Å². The molecule has 0 aliphatic carbocycles. The number of unbranched alkanes of at least 4 members (excludes halogenated alkanes) is 2. The summed E-state index contributed by atoms with van der Waals surface area (Å²) in [4.78, 5) is 36.3. The Balaban J connectivity index is 2.72. The molecular formula is C12H20N2O3. The van der Waals surface area contributed by atoms with Gasteiger partial charge in [0.05, 0.1) is 0 Å². The van der Waals surface area contributed by atoms with Gasteiger partial charge >= 0.3 is 6.03 Å². The quantitative estimate of drug-likeness (QED) is 0.585. The van der Waals surface area contributed by atoms with E-state index in [4.69, 9.17) is 0 Å². The number of rotatable bonds is 5. The van der Waals surface area contributed by atoms with Crippen molar-refractivity contribution in [3.05, 3.63) is 0 Å². The molecule has 17 heavy (non-hydrogen) atoms. The van der Waals surface area contributed by atoms with Crippen LogP contribution in [0.2, 0.25) is 0 Å². The van der Waals surface area contributed by atoms with E-state index in [1.165, 1.54) is 4.90 Å². The van der Waals surface area contributed by atoms with E-state index in [2.05, 4.69) is 12.2 Å². The van der Waals surface area contributed by atoms with Crippen LogP contribution in [-0.4, -0.2) is 29.3 Å². The maximum Gasteiger partial charge on any atom is 0.330 e. The van der Waals surface area contributed by atoms with Gasteiger partial charge in [-0.25, -0.2) is 4.79 Å². The highest BCUT2D eigenvalue weighted by molar-refractivity contribution is 6.16. The number of imide groups is 2. The van der Waals surface area contributed by atoms with E-state index in [0.29, 0.717) is 6.54 Å². The fourth-order valence-corrected chi connectivity index (χ4v) is 1.95. The second-order valence-electron chi connectivity index (χ2n) is 4.71. The molecule has 1 atom stereocenters. The zero-order chi connectivity index (χ0) is 13.0. The van der Waals surface area contributed by atoms with Crippen molar-refractivity contribution in [3.63, 3.8) is 0 Å². The summed E-state index contributed by atoms with van der Waals surface area (Å²) in [6, 6.07) is -0.576. The molecule has 0 spiro atoms. The molecule has 1 aliphatic rings. The molecule has 0 aromatic carbocycles. The van der Waals surface area contributed by atoms with Gasteiger partial charge in [0.1, 0.15) is 5.92 Å². The highest BCUT2D eigenvalue weighted by Gasteiger charge is 2.41. The molecule has 5 heteroatoms. The van der Waals surface area contributed by atoms with Gasteiger partial charge in [-0.1, -0.05) is 33.6 Å². The Hall–Kier alpha value is -1.39. The Morgan fingerprint density at radius 1 is 1.24 bits per heavy atom. The lowest BCUT2D eigenvalue weighted by Crippen LogP contribution is -2.59. The van der Waals surface area contributed by atoms with Crippen LogP contribution in [0.5, 0.6) is 0 Å². The first-order chi connectivity index (χ1) is 7.99. The summed E-state index contributed by atoms with van der Waals surface area (Å²) in [5, 5.41) is 2.25. The van der Waals surface area contributed by atoms with E-state index in [9.17, 15) is 14.4 Å². The van der Waals surface area contributed by atoms with Gasteiger partial charge in [0.25, 0.3) is 0 Å². The Morgan fingerprint density at radius 2 is 1.88 bits per heavy atom. The Labute approximate surface area is 102 Å². The standard InChI is InChI=1S/C12H20N2O3/c1-4-5-6-7-14-11(16)9(8(2)3)10(15)13-12(14)17/h8-9H,4-7H2,1-3H3,(H,13,15,17). The van der Waals surface area contributed by atoms with Crippen LogP contribution in [0.3, 0.4) is 0 Å². The number of nitrogens with one attached hydrogen (secondary N) is 1. The van der Waals surface area contributed by atoms with Crippen molar-refractivity contribution in [2.75, 3.05) is 6.54 Å². The molecule has 0 bridgehead atoms. The lowest BCUT2D eigenvalue weighted by Gasteiger charge is -2.31. The summed E-state index contributed by atoms with van der Waals surface area (Å²) in [7, 11) is 0. The minimum absolute atomic E-state index is 0.0933. The lowest BCUT2D eigenvalue weighted by molar-refractivity contribution is -0.144. The molecule has 1 fully saturated rings. The van der Waals surface area contributed by atoms with E-state index in [-0.39, 0.29) is 11.8 Å². The molecule has 4 amide bonds. The fourth-order valence-electron chi connectivity index (χ4n) is 1.95. The molecular weight excluding hydrogens is 220 g/mol. The van der Waals surface area contributed by atoms with Crippen LogP contribution < -0.4 is 5.32 Å². The Morgan fingerprint density at radius 3 is 2.41 bits per heavy atom. The summed E-state index contributed by atoms with van der Waals surface area (Å²) in [5.41, 5.74) is 0. The number of urea groups is 1. The van der Waals surface area contributed by atoms with E-state index >= 15 is 0 Å². The van der Waals surface area contributed by atoms with E-state index in [1.807, 2.05) is 13.8 Å². The number of carbonyl (C=O) groups excluding carboxylic acids is 3. The minimum Gasteiger partial charge on any atom is -0.277 e. The third-order valence-electron chi connectivity index (χ3n) is 2.94. The van der Waals surface area contributed by atoms with E-state index < -0.39 is 17.9 Å². The van der Waals surface area contributed by atoms with Gasteiger partial charge in [-0.05, 0) is 12.3 Å². The van der Waals surface area contributed by atoms with Crippen molar-refractivity contribution in [2.24, 2.45) is 11.8 Å². The Kier molecular flexibility index (Phi) is 4.66. The molecule has 5 nitrogen and oxygen atoms in total. The average Bonchev–Trinajstić information content (AvgIpc) is 2.21. The van der Waals surface area contributed by atoms with Gasteiger partial charge < -0.3 is 0 Å². The summed E-state index contributed by atoms with van der Waals surface area (Å²) >= 11 is 0. The van der Waals surface area contributed by atoms with E-state index in [1.54, 1.807) is 0 Å². The van der Waals surface area contributed by atoms with Crippen LogP contribution in [-0.2, 0) is 9.59 Å². The maximum absolute atomic E-state index is 12.0. The molecule has 96 valence electrons. The van der Waals surface area contributed by atoms with Gasteiger partial charge in [-0.3, -0.25) is 19.8 Å². The monoisotopic (exact) mass is 240 g/mol. The molecule has 1 aliphatic heterocycles. The second kappa shape index (κ2) is 5.80. The first-order valence-corrected chi connectivity index (χ1v) is 6.15. The number of barbiturate groups is 1. The molecule has 1 unspecified atom stereocenters. The van der Waals surface area contributed by atoms with Gasteiger partial charge in [-0.15, -0.1) is 0 Å². The second-order valence-corrected chi connectivity index (χ2v) is 4.71. The van der Waals surface area contributed by atoms with Crippen molar-refractivity contribution in [2.45, 2.75) is 40.0 Å². The molecule has 0 aromatic heterocycles. The zero-order valence-corrected chi connectivity index (χ0v) is 10.7. The first kappa shape index (κ1) is 13.7. The van der Waals surface area contributed by atoms with Gasteiger partial charge in [0, 0.05) is 6.54 Å². The van der Waals surface area contributed by atoms with Gasteiger partial charge in [-0.2, -0.15) is 0 Å². The smallest absolute Gasteiger partial charge is 0.277 e. The number of hydrogen-bond donors (Lipinski definition) is 1. The topological polar surface area (TPSA) is 66.5 Å². The van der Waals surface area contributed by atoms with Gasteiger partial charge in [0.2, 0.25) is 11.8 Å². The lowest BCUT2D eigenvalue weighted by atomic mass is 9.92. The highest BCUT2D eigenvalue weighted by atomic mass is 16.2. The summed E-state index contributed by atoms with van der Waals surface area (Å²) < 4.78 is 0. The number of nitrogens with zero attached hydrogens (tertiary/aromatic N) is 1. The molecule has 1 rings (SSSR count). The largest absolute Gasteiger partial charge is 0.330 e. The summed E-state index contributed by atoms with van der Waals surface area (Å²) in [6.07, 6.45) is 2.78. The van der Waals surface area contributed by atoms with Crippen molar-refractivity contribution >= 4 is 17.8 Å². The molecule has 0 saturated carbocycles. The van der Waals surface area contributed by atoms with Crippen LogP contribution in [0.4, 0.5) is 4.79 Å². The van der Waals surface area contributed by atoms with Crippen LogP contribution in [0, 0.1) is 11.8 Å². The zero-order valence-electron chi connectivity index (χ0n) is 10.7. The molecule has 1 N–H and O–H groups in total. The molecule has 0 radical (unpaired) electrons. The SMILES string of the molecule is CCCCCN1C(=O)NC(=O)C(C(C)C)C1=O. The van der Waals surface area contributed by atoms with Crippen LogP contribution in [0.1, 0.15) is 40.0 Å². The van der Waals surface area contributed by atoms with Gasteiger partial charge in [0.15, 0.2) is 0 Å². The van der Waals surface area contributed by atoms with Crippen LogP contribution >= 0.6 is 0 Å². The summed E-state index contributed by atoms with van der Waals surface area (Å²) in [5.74, 6) is -1.65. The van der Waals surface area contributed by atoms with Crippen molar-refractivity contribution in [1.82, 2.24) is 10.2 Å². The number of amides is 4. The third kappa shape index (κ3) is 3.05. The predicted octanol–water partition coefficient (Wildman–Crippen LogP) is 1.53.